The molecule has 0 saturated carbocycles. The van der Waals surface area contributed by atoms with Crippen molar-refractivity contribution in [2.75, 3.05) is 0 Å². The van der Waals surface area contributed by atoms with Crippen LogP contribution in [-0.2, 0) is 11.2 Å². The molecule has 5 rings (SSSR count). The first-order valence-corrected chi connectivity index (χ1v) is 12.3. The van der Waals surface area contributed by atoms with Crippen LogP contribution >= 0.6 is 23.1 Å². The largest absolute Gasteiger partial charge is 0.318 e. The van der Waals surface area contributed by atoms with Crippen LogP contribution in [0, 0.1) is 33.1 Å². The van der Waals surface area contributed by atoms with E-state index in [1.54, 1.807) is 17.4 Å². The molecule has 0 radical (unpaired) electrons. The molecule has 0 aliphatic carbocycles. The maximum Gasteiger partial charge on any atom is 0.283 e. The van der Waals surface area contributed by atoms with Crippen LogP contribution in [0.1, 0.15) is 33.0 Å². The Labute approximate surface area is 200 Å². The summed E-state index contributed by atoms with van der Waals surface area (Å²) in [5, 5.41) is 18.0. The van der Waals surface area contributed by atoms with Crippen molar-refractivity contribution in [1.82, 2.24) is 9.58 Å². The van der Waals surface area contributed by atoms with Gasteiger partial charge < -0.3 is 4.57 Å². The molecule has 6 nitrogen and oxygen atoms in total. The second-order valence-corrected chi connectivity index (χ2v) is 10.4. The number of carbonyl (C=O) groups excluding carboxylic acids is 1. The molecule has 0 bridgehead atoms. The summed E-state index contributed by atoms with van der Waals surface area (Å²) in [6.07, 6.45) is 2.44. The van der Waals surface area contributed by atoms with Crippen molar-refractivity contribution >= 4 is 51.1 Å². The van der Waals surface area contributed by atoms with Crippen molar-refractivity contribution in [3.63, 3.8) is 0 Å². The molecule has 33 heavy (non-hydrogen) atoms. The highest BCUT2D eigenvalue weighted by Crippen LogP contribution is 2.31. The van der Waals surface area contributed by atoms with Crippen LogP contribution in [0.25, 0.3) is 11.8 Å². The van der Waals surface area contributed by atoms with Crippen LogP contribution < -0.4 is 0 Å². The Bertz CT molecular complexity index is 1370. The topological polar surface area (TPSA) is 73.8 Å². The van der Waals surface area contributed by atoms with Gasteiger partial charge in [-0.15, -0.1) is 11.3 Å². The smallest absolute Gasteiger partial charge is 0.283 e. The molecule has 2 aliphatic rings. The van der Waals surface area contributed by atoms with Gasteiger partial charge in [0.15, 0.2) is 5.84 Å². The summed E-state index contributed by atoms with van der Waals surface area (Å²) in [5.74, 6) is -0.336. The van der Waals surface area contributed by atoms with Gasteiger partial charge in [0.25, 0.3) is 5.91 Å². The zero-order valence-electron chi connectivity index (χ0n) is 18.8. The number of fused-ring (bicyclic) bond motifs is 1. The molecular weight excluding hydrogens is 450 g/mol. The number of aromatic nitrogens is 1. The van der Waals surface area contributed by atoms with Crippen LogP contribution in [0.5, 0.6) is 0 Å². The average Bonchev–Trinajstić information content (AvgIpc) is 3.45. The summed E-state index contributed by atoms with van der Waals surface area (Å²) >= 11 is 3.02. The number of benzene rings is 1. The highest BCUT2D eigenvalue weighted by atomic mass is 32.2. The highest BCUT2D eigenvalue weighted by Gasteiger charge is 2.35. The quantitative estimate of drug-likeness (QED) is 0.499. The van der Waals surface area contributed by atoms with E-state index in [0.29, 0.717) is 11.6 Å². The number of nitrogens with one attached hydrogen (secondary N) is 1. The summed E-state index contributed by atoms with van der Waals surface area (Å²) in [6.45, 7) is 8.26. The molecule has 1 aromatic carbocycles. The van der Waals surface area contributed by atoms with Crippen molar-refractivity contribution in [1.29, 1.82) is 5.41 Å². The van der Waals surface area contributed by atoms with Crippen molar-refractivity contribution in [2.24, 2.45) is 10.1 Å². The molecule has 2 aromatic heterocycles. The Morgan fingerprint density at radius 1 is 1.09 bits per heavy atom. The summed E-state index contributed by atoms with van der Waals surface area (Å²) in [6, 6.07) is 12.6. The van der Waals surface area contributed by atoms with E-state index in [9.17, 15) is 4.79 Å². The molecule has 0 fully saturated rings. The molecule has 0 saturated heterocycles. The lowest BCUT2D eigenvalue weighted by atomic mass is 10.1. The Morgan fingerprint density at radius 2 is 1.85 bits per heavy atom. The van der Waals surface area contributed by atoms with E-state index in [2.05, 4.69) is 59.7 Å². The summed E-state index contributed by atoms with van der Waals surface area (Å²) in [7, 11) is 0. The average molecular weight is 474 g/mol. The van der Waals surface area contributed by atoms with Gasteiger partial charge in [-0.1, -0.05) is 12.1 Å². The molecule has 2 aliphatic heterocycles. The summed E-state index contributed by atoms with van der Waals surface area (Å²) in [5.41, 5.74) is 6.72. The lowest BCUT2D eigenvalue weighted by molar-refractivity contribution is -0.114. The fourth-order valence-electron chi connectivity index (χ4n) is 4.23. The molecule has 0 unspecified atom stereocenters. The number of thiophene rings is 1. The molecule has 0 atom stereocenters. The van der Waals surface area contributed by atoms with Gasteiger partial charge in [-0.25, -0.2) is 0 Å². The van der Waals surface area contributed by atoms with Gasteiger partial charge in [-0.3, -0.25) is 10.2 Å². The minimum absolute atomic E-state index is 0.0647. The Kier molecular flexibility index (Phi) is 5.42. The van der Waals surface area contributed by atoms with Crippen LogP contribution in [0.4, 0.5) is 0 Å². The number of hydrazone groups is 1. The van der Waals surface area contributed by atoms with Crippen molar-refractivity contribution in [3.8, 4) is 5.69 Å². The second kappa shape index (κ2) is 8.28. The van der Waals surface area contributed by atoms with E-state index in [0.717, 1.165) is 27.7 Å². The number of carbonyl (C=O) groups is 1. The fourth-order valence-corrected chi connectivity index (χ4v) is 5.94. The molecule has 4 heterocycles. The minimum atomic E-state index is -0.400. The SMILES string of the molecule is Cc1cc(C)cc(-n2c(C)cc(/C=C3/C(=N)N4N=C(Cc5cccs5)SC4=NC3=O)c2C)c1. The van der Waals surface area contributed by atoms with Gasteiger partial charge in [0, 0.05) is 28.4 Å². The van der Waals surface area contributed by atoms with E-state index in [4.69, 9.17) is 5.41 Å². The zero-order valence-corrected chi connectivity index (χ0v) is 20.5. The number of rotatable bonds is 4. The van der Waals surface area contributed by atoms with Crippen LogP contribution in [0.15, 0.2) is 57.4 Å². The molecule has 8 heteroatoms. The minimum Gasteiger partial charge on any atom is -0.318 e. The van der Waals surface area contributed by atoms with Gasteiger partial charge >= 0.3 is 0 Å². The number of amidine groups is 2. The number of aryl methyl sites for hydroxylation is 3. The third-order valence-electron chi connectivity index (χ3n) is 5.64. The highest BCUT2D eigenvalue weighted by molar-refractivity contribution is 8.27. The molecular formula is C25H23N5OS2. The first-order valence-electron chi connectivity index (χ1n) is 10.6. The predicted molar refractivity (Wildman–Crippen MR) is 138 cm³/mol. The molecule has 3 aromatic rings. The molecule has 1 N–H and O–H groups in total. The van der Waals surface area contributed by atoms with E-state index in [-0.39, 0.29) is 11.4 Å². The first-order chi connectivity index (χ1) is 15.8. The van der Waals surface area contributed by atoms with Crippen LogP contribution in [-0.4, -0.2) is 31.5 Å². The van der Waals surface area contributed by atoms with E-state index < -0.39 is 5.91 Å². The number of thioether (sulfide) groups is 1. The third kappa shape index (κ3) is 4.00. The number of amides is 1. The van der Waals surface area contributed by atoms with Crippen LogP contribution in [0.3, 0.4) is 0 Å². The number of hydrogen-bond donors (Lipinski definition) is 1. The maximum atomic E-state index is 12.8. The summed E-state index contributed by atoms with van der Waals surface area (Å²) in [4.78, 5) is 18.3. The standard InChI is InChI=1S/C25H23N5OS2/c1-14-8-15(2)10-19(9-14)29-16(3)11-18(17(29)4)12-21-23(26)30-25(27-24(21)31)33-22(28-30)13-20-6-5-7-32-20/h5-12,26H,13H2,1-4H3/b21-12-,26-23?. The van der Waals surface area contributed by atoms with E-state index >= 15 is 0 Å². The molecule has 0 spiro atoms. The Balaban J connectivity index is 1.49. The van der Waals surface area contributed by atoms with Crippen molar-refractivity contribution in [3.05, 3.63) is 80.3 Å². The monoisotopic (exact) mass is 473 g/mol. The van der Waals surface area contributed by atoms with Crippen molar-refractivity contribution in [2.45, 2.75) is 34.1 Å². The van der Waals surface area contributed by atoms with Crippen LogP contribution in [0.2, 0.25) is 0 Å². The zero-order chi connectivity index (χ0) is 23.3. The molecule has 166 valence electrons. The van der Waals surface area contributed by atoms with Gasteiger partial charge in [-0.2, -0.15) is 15.1 Å². The van der Waals surface area contributed by atoms with E-state index in [1.807, 2.05) is 24.4 Å². The second-order valence-electron chi connectivity index (χ2n) is 8.28. The van der Waals surface area contributed by atoms with Gasteiger partial charge in [0.05, 0.1) is 5.57 Å². The molecule has 1 amide bonds. The van der Waals surface area contributed by atoms with Gasteiger partial charge in [-0.05, 0) is 91.9 Å². The number of aliphatic imine (C=N–C) groups is 1. The Morgan fingerprint density at radius 3 is 2.55 bits per heavy atom. The van der Waals surface area contributed by atoms with Gasteiger partial charge in [0.1, 0.15) is 5.04 Å². The van der Waals surface area contributed by atoms with Crippen molar-refractivity contribution < 1.29 is 4.79 Å². The van der Waals surface area contributed by atoms with E-state index in [1.165, 1.54) is 32.8 Å². The lowest BCUT2D eigenvalue weighted by Crippen LogP contribution is -2.35. The number of nitrogens with zero attached hydrogens (tertiary/aromatic N) is 4. The maximum absolute atomic E-state index is 12.8. The normalized spacial score (nSPS) is 17.0. The summed E-state index contributed by atoms with van der Waals surface area (Å²) < 4.78 is 2.18. The fraction of sp³-hybridized carbons (Fsp3) is 0.200. The first kappa shape index (κ1) is 21.6. The number of hydrogen-bond acceptors (Lipinski definition) is 5. The Hall–Kier alpha value is -3.23. The lowest BCUT2D eigenvalue weighted by Gasteiger charge is -2.20. The predicted octanol–water partition coefficient (Wildman–Crippen LogP) is 5.63. The van der Waals surface area contributed by atoms with Gasteiger partial charge in [0.2, 0.25) is 5.17 Å². The third-order valence-corrected chi connectivity index (χ3v) is 7.42.